The van der Waals surface area contributed by atoms with Crippen LogP contribution in [0.25, 0.3) is 0 Å². The lowest BCUT2D eigenvalue weighted by Crippen LogP contribution is -2.48. The maximum absolute atomic E-state index is 15.5. The Kier molecular flexibility index (Phi) is 7.96. The highest BCUT2D eigenvalue weighted by atomic mass is 19.1. The van der Waals surface area contributed by atoms with Crippen molar-refractivity contribution in [3.8, 4) is 5.75 Å². The van der Waals surface area contributed by atoms with Crippen molar-refractivity contribution in [2.75, 3.05) is 13.2 Å². The molecule has 4 rings (SSSR count). The van der Waals surface area contributed by atoms with Crippen LogP contribution < -0.4 is 4.74 Å². The van der Waals surface area contributed by atoms with Gasteiger partial charge in [0.05, 0.1) is 12.2 Å². The van der Waals surface area contributed by atoms with E-state index in [1.165, 1.54) is 64.2 Å². The topological polar surface area (TPSA) is 18.5 Å². The Morgan fingerprint density at radius 3 is 2.48 bits per heavy atom. The second-order valence-corrected chi connectivity index (χ2v) is 10.4. The summed E-state index contributed by atoms with van der Waals surface area (Å²) in [6.07, 6.45) is 16.5. The Balaban J connectivity index is 1.61. The molecule has 3 unspecified atom stereocenters. The highest BCUT2D eigenvalue weighted by molar-refractivity contribution is 5.34. The van der Waals surface area contributed by atoms with Crippen LogP contribution in [0.3, 0.4) is 0 Å². The summed E-state index contributed by atoms with van der Waals surface area (Å²) in [5.74, 6) is 3.35. The lowest BCUT2D eigenvalue weighted by Gasteiger charge is -2.51. The highest BCUT2D eigenvalue weighted by Gasteiger charge is 2.50. The number of ether oxygens (including phenoxy) is 2. The lowest BCUT2D eigenvalue weighted by molar-refractivity contribution is -0.156. The van der Waals surface area contributed by atoms with Crippen molar-refractivity contribution in [1.82, 2.24) is 0 Å². The third kappa shape index (κ3) is 4.97. The van der Waals surface area contributed by atoms with E-state index in [9.17, 15) is 0 Å². The van der Waals surface area contributed by atoms with Gasteiger partial charge in [-0.05, 0) is 87.7 Å². The summed E-state index contributed by atoms with van der Waals surface area (Å²) in [7, 11) is 0. The molecule has 1 saturated heterocycles. The standard InChI is InChI=1S/C28H43FO2/c1-3-9-21-12-14-22(15-13-21)24-10-5-6-11-25(24)28(18-7-8-19-31-28)26-17-16-23(30-4-2)20-27(26)29/h16-17,20-22,24-25H,3-15,18-19H2,1-2H3. The minimum atomic E-state index is -0.446. The zero-order chi connectivity index (χ0) is 21.7. The summed E-state index contributed by atoms with van der Waals surface area (Å²) in [5.41, 5.74) is 0.352. The summed E-state index contributed by atoms with van der Waals surface area (Å²) < 4.78 is 27.7. The van der Waals surface area contributed by atoms with Crippen LogP contribution in [-0.2, 0) is 10.3 Å². The van der Waals surface area contributed by atoms with Crippen molar-refractivity contribution in [2.24, 2.45) is 23.7 Å². The Hall–Kier alpha value is -1.09. The quantitative estimate of drug-likeness (QED) is 0.436. The molecule has 3 heteroatoms. The summed E-state index contributed by atoms with van der Waals surface area (Å²) in [6.45, 7) is 5.59. The molecular formula is C28H43FO2. The van der Waals surface area contributed by atoms with E-state index in [2.05, 4.69) is 6.92 Å². The molecule has 1 heterocycles. The predicted molar refractivity (Wildman–Crippen MR) is 125 cm³/mol. The van der Waals surface area contributed by atoms with Gasteiger partial charge in [-0.25, -0.2) is 4.39 Å². The Morgan fingerprint density at radius 2 is 1.81 bits per heavy atom. The lowest BCUT2D eigenvalue weighted by atomic mass is 9.59. The molecule has 2 saturated carbocycles. The van der Waals surface area contributed by atoms with Gasteiger partial charge in [-0.3, -0.25) is 0 Å². The molecule has 2 aliphatic carbocycles. The summed E-state index contributed by atoms with van der Waals surface area (Å²) >= 11 is 0. The van der Waals surface area contributed by atoms with Crippen molar-refractivity contribution < 1.29 is 13.9 Å². The van der Waals surface area contributed by atoms with Gasteiger partial charge in [0.2, 0.25) is 0 Å². The first kappa shape index (κ1) is 23.1. The van der Waals surface area contributed by atoms with Crippen LogP contribution in [0, 0.1) is 29.5 Å². The number of hydrogen-bond acceptors (Lipinski definition) is 2. The molecule has 31 heavy (non-hydrogen) atoms. The van der Waals surface area contributed by atoms with Crippen molar-refractivity contribution >= 4 is 0 Å². The molecule has 3 atom stereocenters. The van der Waals surface area contributed by atoms with Gasteiger partial charge in [-0.15, -0.1) is 0 Å². The second-order valence-electron chi connectivity index (χ2n) is 10.4. The fourth-order valence-electron chi connectivity index (χ4n) is 7.23. The number of halogens is 1. The molecule has 1 aliphatic heterocycles. The second kappa shape index (κ2) is 10.7. The molecule has 0 aromatic heterocycles. The van der Waals surface area contributed by atoms with E-state index in [-0.39, 0.29) is 5.82 Å². The molecule has 3 fully saturated rings. The Morgan fingerprint density at radius 1 is 1.00 bits per heavy atom. The minimum absolute atomic E-state index is 0.135. The van der Waals surface area contributed by atoms with Crippen LogP contribution in [0.1, 0.15) is 103 Å². The Bertz CT molecular complexity index is 688. The summed E-state index contributed by atoms with van der Waals surface area (Å²) in [6, 6.07) is 5.53. The van der Waals surface area contributed by atoms with Crippen molar-refractivity contribution in [3.63, 3.8) is 0 Å². The largest absolute Gasteiger partial charge is 0.494 e. The first-order valence-corrected chi connectivity index (χ1v) is 13.2. The monoisotopic (exact) mass is 430 g/mol. The molecular weight excluding hydrogens is 387 g/mol. The van der Waals surface area contributed by atoms with Crippen LogP contribution in [0.4, 0.5) is 4.39 Å². The van der Waals surface area contributed by atoms with E-state index in [4.69, 9.17) is 9.47 Å². The zero-order valence-corrected chi connectivity index (χ0v) is 19.8. The van der Waals surface area contributed by atoms with Crippen LogP contribution in [0.5, 0.6) is 5.75 Å². The first-order valence-electron chi connectivity index (χ1n) is 13.2. The van der Waals surface area contributed by atoms with Gasteiger partial charge in [0.25, 0.3) is 0 Å². The van der Waals surface area contributed by atoms with Crippen LogP contribution >= 0.6 is 0 Å². The molecule has 174 valence electrons. The first-order chi connectivity index (χ1) is 15.2. The van der Waals surface area contributed by atoms with E-state index in [0.29, 0.717) is 24.2 Å². The number of benzene rings is 1. The van der Waals surface area contributed by atoms with Gasteiger partial charge >= 0.3 is 0 Å². The normalized spacial score (nSPS) is 34.4. The van der Waals surface area contributed by atoms with Crippen LogP contribution in [-0.4, -0.2) is 13.2 Å². The van der Waals surface area contributed by atoms with Gasteiger partial charge in [-0.2, -0.15) is 0 Å². The van der Waals surface area contributed by atoms with Crippen molar-refractivity contribution in [3.05, 3.63) is 29.6 Å². The fourth-order valence-corrected chi connectivity index (χ4v) is 7.23. The predicted octanol–water partition coefficient (Wildman–Crippen LogP) is 8.03. The molecule has 0 bridgehead atoms. The van der Waals surface area contributed by atoms with Crippen molar-refractivity contribution in [2.45, 2.75) is 103 Å². The maximum Gasteiger partial charge on any atom is 0.132 e. The summed E-state index contributed by atoms with van der Waals surface area (Å²) in [4.78, 5) is 0. The van der Waals surface area contributed by atoms with Gasteiger partial charge in [0, 0.05) is 18.2 Å². The van der Waals surface area contributed by atoms with Crippen molar-refractivity contribution in [1.29, 1.82) is 0 Å². The molecule has 1 aromatic rings. The minimum Gasteiger partial charge on any atom is -0.494 e. The van der Waals surface area contributed by atoms with E-state index < -0.39 is 5.60 Å². The smallest absolute Gasteiger partial charge is 0.132 e. The Labute approximate surface area is 189 Å². The van der Waals surface area contributed by atoms with Gasteiger partial charge in [0.1, 0.15) is 11.6 Å². The van der Waals surface area contributed by atoms with E-state index in [1.807, 2.05) is 19.1 Å². The number of rotatable bonds is 7. The van der Waals surface area contributed by atoms with E-state index in [1.54, 1.807) is 6.07 Å². The SMILES string of the molecule is CCCC1CCC(C2CCCCC2C2(c3ccc(OCC)cc3F)CCCCO2)CC1. The van der Waals surface area contributed by atoms with E-state index >= 15 is 4.39 Å². The van der Waals surface area contributed by atoms with Gasteiger partial charge in [-0.1, -0.05) is 45.4 Å². The molecule has 0 amide bonds. The third-order valence-corrected chi connectivity index (χ3v) is 8.62. The fraction of sp³-hybridized carbons (Fsp3) is 0.786. The molecule has 1 aromatic carbocycles. The van der Waals surface area contributed by atoms with Gasteiger partial charge in [0.15, 0.2) is 0 Å². The molecule has 2 nitrogen and oxygen atoms in total. The summed E-state index contributed by atoms with van der Waals surface area (Å²) in [5, 5.41) is 0. The molecule has 3 aliphatic rings. The average Bonchev–Trinajstić information content (AvgIpc) is 2.81. The molecule has 0 radical (unpaired) electrons. The van der Waals surface area contributed by atoms with Gasteiger partial charge < -0.3 is 9.47 Å². The highest BCUT2D eigenvalue weighted by Crippen LogP contribution is 2.54. The third-order valence-electron chi connectivity index (χ3n) is 8.62. The maximum atomic E-state index is 15.5. The van der Waals surface area contributed by atoms with Crippen LogP contribution in [0.2, 0.25) is 0 Å². The van der Waals surface area contributed by atoms with E-state index in [0.717, 1.165) is 43.3 Å². The van der Waals surface area contributed by atoms with Crippen LogP contribution in [0.15, 0.2) is 18.2 Å². The number of hydrogen-bond donors (Lipinski definition) is 0. The molecule has 0 N–H and O–H groups in total. The average molecular weight is 431 g/mol. The zero-order valence-electron chi connectivity index (χ0n) is 19.8. The molecule has 0 spiro atoms.